The number of rotatable bonds is 3. The Hall–Kier alpha value is -0.570. The highest BCUT2D eigenvalue weighted by Gasteiger charge is 2.43. The van der Waals surface area contributed by atoms with Gasteiger partial charge in [0.1, 0.15) is 0 Å². The van der Waals surface area contributed by atoms with E-state index in [4.69, 9.17) is 0 Å². The summed E-state index contributed by atoms with van der Waals surface area (Å²) in [6, 6.07) is 0. The van der Waals surface area contributed by atoms with E-state index >= 15 is 0 Å². The Morgan fingerprint density at radius 1 is 1.57 bits per heavy atom. The highest BCUT2D eigenvalue weighted by Crippen LogP contribution is 2.37. The predicted octanol–water partition coefficient (Wildman–Crippen LogP) is 0.997. The van der Waals surface area contributed by atoms with Crippen LogP contribution in [-0.2, 0) is 4.79 Å². The minimum atomic E-state index is 0.0778. The molecule has 3 nitrogen and oxygen atoms in total. The van der Waals surface area contributed by atoms with E-state index in [1.54, 1.807) is 0 Å². The lowest BCUT2D eigenvalue weighted by Crippen LogP contribution is -2.51. The summed E-state index contributed by atoms with van der Waals surface area (Å²) in [4.78, 5) is 14.1. The third-order valence-electron chi connectivity index (χ3n) is 3.50. The lowest BCUT2D eigenvalue weighted by molar-refractivity contribution is -0.136. The van der Waals surface area contributed by atoms with Gasteiger partial charge in [-0.2, -0.15) is 0 Å². The average molecular weight is 196 g/mol. The fourth-order valence-electron chi connectivity index (χ4n) is 2.51. The van der Waals surface area contributed by atoms with Crippen molar-refractivity contribution in [2.24, 2.45) is 5.92 Å². The van der Waals surface area contributed by atoms with Crippen LogP contribution in [0.4, 0.5) is 0 Å². The Balaban J connectivity index is 2.04. The largest absolute Gasteiger partial charge is 0.336 e. The molecule has 1 unspecified atom stereocenters. The lowest BCUT2D eigenvalue weighted by atomic mass is 9.98. The van der Waals surface area contributed by atoms with Crippen molar-refractivity contribution in [1.29, 1.82) is 0 Å². The summed E-state index contributed by atoms with van der Waals surface area (Å²) in [6.45, 7) is 4.09. The zero-order valence-corrected chi connectivity index (χ0v) is 9.18. The minimum absolute atomic E-state index is 0.0778. The fraction of sp³-hybridized carbons (Fsp3) is 0.909. The summed E-state index contributed by atoms with van der Waals surface area (Å²) in [7, 11) is 1.96. The summed E-state index contributed by atoms with van der Waals surface area (Å²) in [5, 5.41) is 3.20. The van der Waals surface area contributed by atoms with Crippen LogP contribution in [0.25, 0.3) is 0 Å². The van der Waals surface area contributed by atoms with Gasteiger partial charge >= 0.3 is 0 Å². The first-order valence-corrected chi connectivity index (χ1v) is 5.63. The molecule has 0 bridgehead atoms. The number of amides is 1. The lowest BCUT2D eigenvalue weighted by Gasteiger charge is -2.35. The van der Waals surface area contributed by atoms with Crippen molar-refractivity contribution >= 4 is 5.91 Å². The average Bonchev–Trinajstić information content (AvgIpc) is 2.90. The maximum atomic E-state index is 12.0. The maximum absolute atomic E-state index is 12.0. The predicted molar refractivity (Wildman–Crippen MR) is 56.0 cm³/mol. The first kappa shape index (κ1) is 9.97. The summed E-state index contributed by atoms with van der Waals surface area (Å²) >= 11 is 0. The van der Waals surface area contributed by atoms with Crippen molar-refractivity contribution in [3.05, 3.63) is 0 Å². The van der Waals surface area contributed by atoms with Crippen molar-refractivity contribution in [3.63, 3.8) is 0 Å². The second kappa shape index (κ2) is 3.54. The highest BCUT2D eigenvalue weighted by atomic mass is 16.2. The number of carbonyl (C=O) groups excluding carboxylic acids is 1. The van der Waals surface area contributed by atoms with Gasteiger partial charge in [-0.3, -0.25) is 4.79 Å². The zero-order valence-electron chi connectivity index (χ0n) is 9.18. The maximum Gasteiger partial charge on any atom is 0.226 e. The van der Waals surface area contributed by atoms with Gasteiger partial charge in [0, 0.05) is 19.0 Å². The first-order chi connectivity index (χ1) is 6.67. The molecule has 0 spiro atoms. The molecule has 1 saturated carbocycles. The molecule has 1 atom stereocenters. The number of hydrogen-bond acceptors (Lipinski definition) is 2. The number of nitrogens with zero attached hydrogens (tertiary/aromatic N) is 1. The van der Waals surface area contributed by atoms with Crippen LogP contribution in [0, 0.1) is 5.92 Å². The number of carbonyl (C=O) groups is 1. The molecule has 3 heteroatoms. The Morgan fingerprint density at radius 3 is 2.86 bits per heavy atom. The van der Waals surface area contributed by atoms with Gasteiger partial charge in [0.05, 0.1) is 5.54 Å². The van der Waals surface area contributed by atoms with Crippen LogP contribution in [0.5, 0.6) is 0 Å². The van der Waals surface area contributed by atoms with Crippen LogP contribution < -0.4 is 5.32 Å². The van der Waals surface area contributed by atoms with Crippen molar-refractivity contribution in [2.75, 3.05) is 20.1 Å². The molecule has 1 N–H and O–H groups in total. The molecule has 0 aromatic carbocycles. The van der Waals surface area contributed by atoms with Gasteiger partial charge < -0.3 is 10.2 Å². The van der Waals surface area contributed by atoms with Gasteiger partial charge in [0.15, 0.2) is 0 Å². The molecule has 1 saturated heterocycles. The van der Waals surface area contributed by atoms with Crippen molar-refractivity contribution in [2.45, 2.75) is 38.1 Å². The normalized spacial score (nSPS) is 32.3. The Labute approximate surface area is 85.8 Å². The molecule has 0 aromatic rings. The smallest absolute Gasteiger partial charge is 0.226 e. The molecule has 1 heterocycles. The van der Waals surface area contributed by atoms with Crippen molar-refractivity contribution in [1.82, 2.24) is 10.2 Å². The third kappa shape index (κ3) is 1.65. The molecule has 2 fully saturated rings. The molecule has 2 aliphatic rings. The molecular weight excluding hydrogens is 176 g/mol. The molecule has 80 valence electrons. The first-order valence-electron chi connectivity index (χ1n) is 5.63. The van der Waals surface area contributed by atoms with Crippen molar-refractivity contribution < 1.29 is 4.79 Å². The topological polar surface area (TPSA) is 32.3 Å². The van der Waals surface area contributed by atoms with Crippen LogP contribution in [0.3, 0.4) is 0 Å². The minimum Gasteiger partial charge on any atom is -0.336 e. The van der Waals surface area contributed by atoms with E-state index in [-0.39, 0.29) is 5.54 Å². The highest BCUT2D eigenvalue weighted by molar-refractivity contribution is 5.82. The van der Waals surface area contributed by atoms with E-state index in [9.17, 15) is 4.79 Å². The number of nitrogens with one attached hydrogen (secondary N) is 1. The van der Waals surface area contributed by atoms with E-state index in [1.807, 2.05) is 7.05 Å². The second-order valence-electron chi connectivity index (χ2n) is 4.89. The van der Waals surface area contributed by atoms with Gasteiger partial charge in [-0.25, -0.2) is 0 Å². The van der Waals surface area contributed by atoms with E-state index < -0.39 is 0 Å². The third-order valence-corrected chi connectivity index (χ3v) is 3.50. The SMILES string of the molecule is CNCC1(C)CCCN1C(=O)C1CC1. The molecule has 1 aliphatic heterocycles. The van der Waals surface area contributed by atoms with Gasteiger partial charge in [-0.05, 0) is 39.7 Å². The van der Waals surface area contributed by atoms with Crippen LogP contribution in [0.15, 0.2) is 0 Å². The Bertz CT molecular complexity index is 237. The quantitative estimate of drug-likeness (QED) is 0.730. The Kier molecular flexibility index (Phi) is 2.52. The summed E-state index contributed by atoms with van der Waals surface area (Å²) < 4.78 is 0. The summed E-state index contributed by atoms with van der Waals surface area (Å²) in [5.41, 5.74) is 0.0778. The van der Waals surface area contributed by atoms with Gasteiger partial charge in [-0.15, -0.1) is 0 Å². The van der Waals surface area contributed by atoms with Crippen LogP contribution in [0.2, 0.25) is 0 Å². The molecule has 2 rings (SSSR count). The van der Waals surface area contributed by atoms with Crippen LogP contribution in [0.1, 0.15) is 32.6 Å². The number of hydrogen-bond donors (Lipinski definition) is 1. The van der Waals surface area contributed by atoms with Gasteiger partial charge in [0.2, 0.25) is 5.91 Å². The number of likely N-dealkylation sites (tertiary alicyclic amines) is 1. The fourth-order valence-corrected chi connectivity index (χ4v) is 2.51. The van der Waals surface area contributed by atoms with Crippen molar-refractivity contribution in [3.8, 4) is 0 Å². The molecule has 1 amide bonds. The molecule has 1 aliphatic carbocycles. The summed E-state index contributed by atoms with van der Waals surface area (Å²) in [5.74, 6) is 0.768. The van der Waals surface area contributed by atoms with Crippen LogP contribution in [-0.4, -0.2) is 36.5 Å². The number of likely N-dealkylation sites (N-methyl/N-ethyl adjacent to an activating group) is 1. The second-order valence-corrected chi connectivity index (χ2v) is 4.89. The van der Waals surface area contributed by atoms with E-state index in [2.05, 4.69) is 17.1 Å². The molecule has 14 heavy (non-hydrogen) atoms. The zero-order chi connectivity index (χ0) is 10.2. The van der Waals surface area contributed by atoms with E-state index in [0.717, 1.165) is 38.8 Å². The molecule has 0 radical (unpaired) electrons. The van der Waals surface area contributed by atoms with E-state index in [0.29, 0.717) is 11.8 Å². The van der Waals surface area contributed by atoms with Crippen LogP contribution >= 0.6 is 0 Å². The van der Waals surface area contributed by atoms with Gasteiger partial charge in [-0.1, -0.05) is 0 Å². The van der Waals surface area contributed by atoms with Gasteiger partial charge in [0.25, 0.3) is 0 Å². The van der Waals surface area contributed by atoms with E-state index in [1.165, 1.54) is 0 Å². The molecular formula is C11H20N2O. The molecule has 0 aromatic heterocycles. The monoisotopic (exact) mass is 196 g/mol. The summed E-state index contributed by atoms with van der Waals surface area (Å²) in [6.07, 6.45) is 4.54. The standard InChI is InChI=1S/C11H20N2O/c1-11(8-12-2)6-3-7-13(11)10(14)9-4-5-9/h9,12H,3-8H2,1-2H3. The Morgan fingerprint density at radius 2 is 2.29 bits per heavy atom.